The molecule has 1 saturated carbocycles. The van der Waals surface area contributed by atoms with Crippen molar-refractivity contribution in [3.8, 4) is 5.75 Å². The van der Waals surface area contributed by atoms with E-state index in [-0.39, 0.29) is 6.04 Å². The van der Waals surface area contributed by atoms with Crippen molar-refractivity contribution in [2.24, 2.45) is 5.73 Å². The van der Waals surface area contributed by atoms with E-state index in [9.17, 15) is 0 Å². The quantitative estimate of drug-likeness (QED) is 0.856. The number of methoxy groups -OCH3 is 1. The predicted molar refractivity (Wildman–Crippen MR) is 79.4 cm³/mol. The Hall–Kier alpha value is -1.06. The zero-order valence-corrected chi connectivity index (χ0v) is 12.1. The first-order chi connectivity index (χ1) is 9.24. The summed E-state index contributed by atoms with van der Waals surface area (Å²) in [7, 11) is 1.70. The molecule has 2 rings (SSSR count). The molecule has 106 valence electrons. The van der Waals surface area contributed by atoms with Gasteiger partial charge in [-0.3, -0.25) is 4.90 Å². The molecular weight excluding hydrogens is 236 g/mol. The molecular formula is C16H26N2O. The van der Waals surface area contributed by atoms with Crippen LogP contribution in [0.3, 0.4) is 0 Å². The van der Waals surface area contributed by atoms with E-state index in [4.69, 9.17) is 10.5 Å². The van der Waals surface area contributed by atoms with Gasteiger partial charge in [0.15, 0.2) is 0 Å². The molecule has 0 radical (unpaired) electrons. The lowest BCUT2D eigenvalue weighted by Crippen LogP contribution is -2.38. The van der Waals surface area contributed by atoms with Crippen LogP contribution in [0, 0.1) is 0 Å². The van der Waals surface area contributed by atoms with Gasteiger partial charge in [-0.15, -0.1) is 0 Å². The van der Waals surface area contributed by atoms with Crippen LogP contribution in [0.5, 0.6) is 5.75 Å². The average Bonchev–Trinajstić information content (AvgIpc) is 2.98. The van der Waals surface area contributed by atoms with Gasteiger partial charge in [-0.25, -0.2) is 0 Å². The van der Waals surface area contributed by atoms with Crippen LogP contribution in [0.25, 0.3) is 0 Å². The van der Waals surface area contributed by atoms with Crippen LogP contribution in [0.4, 0.5) is 0 Å². The molecule has 3 nitrogen and oxygen atoms in total. The molecule has 1 fully saturated rings. The molecule has 0 spiro atoms. The van der Waals surface area contributed by atoms with Crippen molar-refractivity contribution in [2.45, 2.75) is 44.7 Å². The maximum atomic E-state index is 6.37. The summed E-state index contributed by atoms with van der Waals surface area (Å²) < 4.78 is 5.27. The maximum Gasteiger partial charge on any atom is 0.119 e. The zero-order valence-electron chi connectivity index (χ0n) is 12.1. The van der Waals surface area contributed by atoms with E-state index >= 15 is 0 Å². The molecule has 19 heavy (non-hydrogen) atoms. The van der Waals surface area contributed by atoms with Crippen molar-refractivity contribution in [3.05, 3.63) is 29.8 Å². The minimum Gasteiger partial charge on any atom is -0.497 e. The van der Waals surface area contributed by atoms with Gasteiger partial charge < -0.3 is 10.5 Å². The average molecular weight is 262 g/mol. The highest BCUT2D eigenvalue weighted by molar-refractivity contribution is 5.30. The van der Waals surface area contributed by atoms with Crippen LogP contribution in [0.15, 0.2) is 24.3 Å². The summed E-state index contributed by atoms with van der Waals surface area (Å²) in [5.74, 6) is 0.886. The van der Waals surface area contributed by atoms with E-state index in [1.807, 2.05) is 18.2 Å². The first-order valence-corrected chi connectivity index (χ1v) is 7.38. The Balaban J connectivity index is 1.99. The van der Waals surface area contributed by atoms with E-state index in [2.05, 4.69) is 17.9 Å². The summed E-state index contributed by atoms with van der Waals surface area (Å²) in [5, 5.41) is 0. The first kappa shape index (κ1) is 14.4. The molecule has 0 heterocycles. The lowest BCUT2D eigenvalue weighted by Gasteiger charge is -2.30. The van der Waals surface area contributed by atoms with Crippen LogP contribution in [0.1, 0.15) is 44.2 Å². The molecule has 1 atom stereocenters. The van der Waals surface area contributed by atoms with Gasteiger partial charge in [-0.1, -0.05) is 31.9 Å². The molecule has 0 aliphatic heterocycles. The number of likely N-dealkylation sites (N-methyl/N-ethyl adjacent to an activating group) is 1. The fourth-order valence-corrected chi connectivity index (χ4v) is 3.04. The summed E-state index contributed by atoms with van der Waals surface area (Å²) in [6, 6.07) is 8.92. The van der Waals surface area contributed by atoms with Crippen molar-refractivity contribution in [1.82, 2.24) is 4.90 Å². The molecule has 1 aliphatic rings. The lowest BCUT2D eigenvalue weighted by atomic mass is 10.1. The molecule has 1 unspecified atom stereocenters. The minimum atomic E-state index is 0.0654. The van der Waals surface area contributed by atoms with Crippen molar-refractivity contribution >= 4 is 0 Å². The molecule has 3 heteroatoms. The Morgan fingerprint density at radius 3 is 2.74 bits per heavy atom. The monoisotopic (exact) mass is 262 g/mol. The Kier molecular flexibility index (Phi) is 5.23. The second-order valence-electron chi connectivity index (χ2n) is 5.41. The highest BCUT2D eigenvalue weighted by Gasteiger charge is 2.23. The molecule has 2 N–H and O–H groups in total. The normalized spacial score (nSPS) is 17.9. The predicted octanol–water partition coefficient (Wildman–Crippen LogP) is 2.96. The smallest absolute Gasteiger partial charge is 0.119 e. The Morgan fingerprint density at radius 2 is 2.11 bits per heavy atom. The summed E-state index contributed by atoms with van der Waals surface area (Å²) >= 11 is 0. The second-order valence-corrected chi connectivity index (χ2v) is 5.41. The first-order valence-electron chi connectivity index (χ1n) is 7.38. The van der Waals surface area contributed by atoms with E-state index in [0.29, 0.717) is 0 Å². The summed E-state index contributed by atoms with van der Waals surface area (Å²) in [6.45, 7) is 4.26. The van der Waals surface area contributed by atoms with Crippen molar-refractivity contribution in [2.75, 3.05) is 20.2 Å². The van der Waals surface area contributed by atoms with Gasteiger partial charge in [0.05, 0.1) is 7.11 Å². The summed E-state index contributed by atoms with van der Waals surface area (Å²) in [5.41, 5.74) is 7.53. The third kappa shape index (κ3) is 3.71. The van der Waals surface area contributed by atoms with Crippen LogP contribution in [-0.4, -0.2) is 31.1 Å². The Labute approximate surface area is 116 Å². The van der Waals surface area contributed by atoms with Crippen LogP contribution >= 0.6 is 0 Å². The third-order valence-corrected chi connectivity index (χ3v) is 4.20. The lowest BCUT2D eigenvalue weighted by molar-refractivity contribution is 0.197. The molecule has 1 aromatic rings. The van der Waals surface area contributed by atoms with E-state index in [1.165, 1.54) is 25.7 Å². The number of hydrogen-bond donors (Lipinski definition) is 1. The standard InChI is InChI=1S/C16H26N2O/c1-3-18(14-8-4-5-9-14)12-16(17)13-7-6-10-15(11-13)19-2/h6-7,10-11,14,16H,3-5,8-9,12,17H2,1-2H3. The van der Waals surface area contributed by atoms with Crippen LogP contribution in [-0.2, 0) is 0 Å². The fourth-order valence-electron chi connectivity index (χ4n) is 3.04. The molecule has 0 amide bonds. The van der Waals surface area contributed by atoms with Gasteiger partial charge in [-0.05, 0) is 37.1 Å². The van der Waals surface area contributed by atoms with E-state index in [1.54, 1.807) is 7.11 Å². The van der Waals surface area contributed by atoms with E-state index in [0.717, 1.165) is 30.4 Å². The van der Waals surface area contributed by atoms with Crippen molar-refractivity contribution in [1.29, 1.82) is 0 Å². The molecule has 0 aromatic heterocycles. The van der Waals surface area contributed by atoms with Gasteiger partial charge in [-0.2, -0.15) is 0 Å². The highest BCUT2D eigenvalue weighted by atomic mass is 16.5. The minimum absolute atomic E-state index is 0.0654. The number of nitrogens with two attached hydrogens (primary N) is 1. The van der Waals surface area contributed by atoms with Gasteiger partial charge in [0.25, 0.3) is 0 Å². The molecule has 1 aliphatic carbocycles. The molecule has 0 bridgehead atoms. The van der Waals surface area contributed by atoms with Gasteiger partial charge in [0, 0.05) is 18.6 Å². The Morgan fingerprint density at radius 1 is 1.37 bits per heavy atom. The number of nitrogens with zero attached hydrogens (tertiary/aromatic N) is 1. The number of rotatable bonds is 6. The number of hydrogen-bond acceptors (Lipinski definition) is 3. The maximum absolute atomic E-state index is 6.37. The molecule has 1 aromatic carbocycles. The summed E-state index contributed by atoms with van der Waals surface area (Å²) in [4.78, 5) is 2.54. The second kappa shape index (κ2) is 6.92. The highest BCUT2D eigenvalue weighted by Crippen LogP contribution is 2.25. The fraction of sp³-hybridized carbons (Fsp3) is 0.625. The zero-order chi connectivity index (χ0) is 13.7. The molecule has 0 saturated heterocycles. The number of ether oxygens (including phenoxy) is 1. The van der Waals surface area contributed by atoms with E-state index < -0.39 is 0 Å². The Bertz CT molecular complexity index is 388. The topological polar surface area (TPSA) is 38.5 Å². The van der Waals surface area contributed by atoms with Gasteiger partial charge >= 0.3 is 0 Å². The summed E-state index contributed by atoms with van der Waals surface area (Å²) in [6.07, 6.45) is 5.41. The van der Waals surface area contributed by atoms with Gasteiger partial charge in [0.1, 0.15) is 5.75 Å². The van der Waals surface area contributed by atoms with Crippen LogP contribution < -0.4 is 10.5 Å². The SMILES string of the molecule is CCN(CC(N)c1cccc(OC)c1)C1CCCC1. The largest absolute Gasteiger partial charge is 0.497 e. The van der Waals surface area contributed by atoms with Crippen molar-refractivity contribution < 1.29 is 4.74 Å². The van der Waals surface area contributed by atoms with Crippen molar-refractivity contribution in [3.63, 3.8) is 0 Å². The third-order valence-electron chi connectivity index (χ3n) is 4.20. The van der Waals surface area contributed by atoms with Gasteiger partial charge in [0.2, 0.25) is 0 Å². The van der Waals surface area contributed by atoms with Crippen LogP contribution in [0.2, 0.25) is 0 Å². The number of benzene rings is 1.